The fourth-order valence-electron chi connectivity index (χ4n) is 14.3. The van der Waals surface area contributed by atoms with Crippen molar-refractivity contribution in [1.82, 2.24) is 55.6 Å². The maximum atomic E-state index is 12.9. The van der Waals surface area contributed by atoms with E-state index in [1.165, 1.54) is 11.8 Å². The number of imide groups is 6. The second-order valence-corrected chi connectivity index (χ2v) is 33.2. The van der Waals surface area contributed by atoms with Gasteiger partial charge >= 0.3 is 47.9 Å². The molecular weight excluding hydrogens is 1940 g/mol. The molecule has 1 saturated heterocycles. The van der Waals surface area contributed by atoms with Crippen molar-refractivity contribution in [2.45, 2.75) is 282 Å². The topological polar surface area (TPSA) is 697 Å². The maximum Gasteiger partial charge on any atom is 1.00 e. The van der Waals surface area contributed by atoms with Crippen molar-refractivity contribution < 1.29 is 207 Å². The molecule has 814 valence electrons. The van der Waals surface area contributed by atoms with Crippen LogP contribution in [-0.4, -0.2) is 358 Å². The van der Waals surface area contributed by atoms with Crippen LogP contribution in [0, 0.1) is 0 Å². The van der Waals surface area contributed by atoms with E-state index in [0.29, 0.717) is 129 Å². The van der Waals surface area contributed by atoms with Gasteiger partial charge in [0.2, 0.25) is 47.0 Å². The molecule has 6 aliphatic rings. The van der Waals surface area contributed by atoms with Gasteiger partial charge in [-0.3, -0.25) is 125 Å². The van der Waals surface area contributed by atoms with Gasteiger partial charge in [0, 0.05) is 236 Å². The first-order chi connectivity index (χ1) is 67.2. The number of aliphatic hydroxyl groups is 5. The zero-order valence-electron chi connectivity index (χ0n) is 83.1. The van der Waals surface area contributed by atoms with E-state index in [1.807, 2.05) is 0 Å². The number of amides is 16. The Labute approximate surface area is 860 Å². The second kappa shape index (κ2) is 80.1. The van der Waals surface area contributed by atoms with Gasteiger partial charge in [0.1, 0.15) is 17.3 Å². The number of carbonyl (C=O) groups excluding carboxylic acids is 22. The molecule has 3 atom stereocenters. The van der Waals surface area contributed by atoms with Crippen LogP contribution in [0.25, 0.3) is 0 Å². The molecule has 0 bridgehead atoms. The average molecular weight is 2090 g/mol. The van der Waals surface area contributed by atoms with Crippen LogP contribution in [0.2, 0.25) is 0 Å². The fraction of sp³-hybridized carbons (Fsp3) is 0.649. The van der Waals surface area contributed by atoms with Gasteiger partial charge in [-0.25, -0.2) is 0 Å². The SMILES string of the molecule is CC(=O)CCCCCCCCCC(=O)C(F)(F)F.CC(=O)CCCCN(CCCCC(=O)C(F)(F)F)C(=O)CCCO.CO.N.NCCCN(CCCN)C(=O)CCCO.O.O=C(CCCCN(CCCNC(=O)CCC(CN1C(=O)C=CC1=O)N1C(=O)C=CC1=O)C(=O)CCCO)CCC(CN1C(=O)CCC1=O)N1C(=O)C=CC1=O.O=C(O)CCC(CN1C(=O)C=CC1=O)N1C(=O)C=CC1=O.O=C([O-])CCCO.[Na+]. The molecule has 51 heteroatoms. The number of carbonyl (C=O) groups is 23. The van der Waals surface area contributed by atoms with Crippen LogP contribution in [0.3, 0.4) is 0 Å². The van der Waals surface area contributed by atoms with Gasteiger partial charge in [0.15, 0.2) is 0 Å². The minimum Gasteiger partial charge on any atom is -0.550 e. The molecule has 6 rings (SSSR count). The van der Waals surface area contributed by atoms with Gasteiger partial charge < -0.3 is 93.2 Å². The number of rotatable bonds is 65. The number of nitrogens with zero attached hydrogens (tertiary/aromatic N) is 9. The number of ketones is 5. The van der Waals surface area contributed by atoms with E-state index in [2.05, 4.69) is 5.32 Å². The number of carboxylic acids is 2. The Balaban J connectivity index is -0.000000919. The van der Waals surface area contributed by atoms with Crippen LogP contribution in [0.15, 0.2) is 60.8 Å². The zero-order chi connectivity index (χ0) is 107. The normalized spacial score (nSPS) is 14.4. The van der Waals surface area contributed by atoms with Gasteiger partial charge in [-0.2, -0.15) is 26.3 Å². The first kappa shape index (κ1) is 140. The van der Waals surface area contributed by atoms with E-state index >= 15 is 0 Å². The van der Waals surface area contributed by atoms with Crippen LogP contribution in [-0.2, 0) is 110 Å². The number of Topliss-reactive ketones (excluding diaryl/α,β-unsaturated/α-hetero) is 5. The molecule has 16 amide bonds. The Hall–Kier alpha value is -11.1. The van der Waals surface area contributed by atoms with Gasteiger partial charge in [-0.05, 0) is 149 Å². The first-order valence-electron chi connectivity index (χ1n) is 47.3. The third-order valence-corrected chi connectivity index (χ3v) is 21.8. The molecule has 44 nitrogen and oxygen atoms in total. The molecule has 0 saturated carbocycles. The summed E-state index contributed by atoms with van der Waals surface area (Å²) in [6, 6.07) is -2.61. The number of aliphatic carboxylic acids is 2. The molecule has 0 aromatic heterocycles. The van der Waals surface area contributed by atoms with Crippen LogP contribution in [0.1, 0.15) is 251 Å². The van der Waals surface area contributed by atoms with Crippen LogP contribution in [0.5, 0.6) is 0 Å². The summed E-state index contributed by atoms with van der Waals surface area (Å²) >= 11 is 0. The number of likely N-dealkylation sites (tertiary alicyclic amines) is 1. The summed E-state index contributed by atoms with van der Waals surface area (Å²) in [5.41, 5.74) is 10.8. The molecule has 0 spiro atoms. The number of aliphatic hydroxyl groups excluding tert-OH is 5. The van der Waals surface area contributed by atoms with E-state index in [1.54, 1.807) is 16.7 Å². The standard InChI is InChI=1S/C37H46N6O12.C16H26F3NO4.C13H21F3O2.C13H12N2O6.C10H23N3O2.C4H8O3.CH4O.H3N.Na.H2O/c44-22-3-6-29(47)39(20-2-1-5-27(45)9-7-25(42-34(52)15-16-35(42)53)23-40-30(48)11-12-31(40)49)21-4-19-38-28(46)10-8-26(43-36(54)17-18-37(43)55)24-41-32(50)13-14-33(41)51;1-13(22)7-2-4-10-20(15(24)9-6-12-21)11-5-3-8-14(23)16(17,18)19;1-11(17)9-7-5-3-2-4-6-8-10-12(18)13(14,15)16;16-9-2-3-10(17)14(9)7-8(1-6-13(20)21)15-11(18)4-5-12(15)19;11-5-2-7-13(8-3-6-12)10(15)4-1-9-14;5-3-1-2-4(6)7;1-2;;;/h13-18,25-26,44H,1-12,19-24H2,(H,38,46);21H,2-12H2,1H3;2-10H2,1H3;2-5,8H,1,6-7H2,(H,20,21);14H,1-9,11-12H2;5H,1-3H2,(H,6,7);2H,1H3;1H3;;1H2/q;;;;;;;;+1;/p-1. The monoisotopic (exact) mass is 2090 g/mol. The molecule has 6 heterocycles. The predicted molar refractivity (Wildman–Crippen MR) is 501 cm³/mol. The Morgan fingerprint density at radius 2 is 0.634 bits per heavy atom. The van der Waals surface area contributed by atoms with E-state index in [9.17, 15) is 147 Å². The maximum absolute atomic E-state index is 12.9. The Bertz CT molecular complexity index is 4160. The summed E-state index contributed by atoms with van der Waals surface area (Å²) in [5.74, 6) is -12.7. The molecule has 16 N–H and O–H groups in total. The molecule has 3 unspecified atom stereocenters. The van der Waals surface area contributed by atoms with Gasteiger partial charge in [0.25, 0.3) is 59.1 Å². The number of halogens is 6. The number of hydrogen-bond donors (Lipinski definition) is 10. The number of carboxylic acid groups (broad SMARTS) is 2. The summed E-state index contributed by atoms with van der Waals surface area (Å²) in [5, 5.41) is 62.7. The largest absolute Gasteiger partial charge is 1.00 e. The number of alkyl halides is 6. The summed E-state index contributed by atoms with van der Waals surface area (Å²) in [6.07, 6.45) is 13.6. The molecule has 0 aromatic carbocycles. The Morgan fingerprint density at radius 3 is 0.938 bits per heavy atom. The minimum absolute atomic E-state index is 0. The first-order valence-corrected chi connectivity index (χ1v) is 47.3. The fourth-order valence-corrected chi connectivity index (χ4v) is 14.3. The van der Waals surface area contributed by atoms with Crippen molar-refractivity contribution >= 4 is 135 Å². The van der Waals surface area contributed by atoms with Crippen molar-refractivity contribution in [3.8, 4) is 0 Å². The smallest absolute Gasteiger partial charge is 0.550 e. The molecule has 145 heavy (non-hydrogen) atoms. The van der Waals surface area contributed by atoms with Crippen molar-refractivity contribution in [2.75, 3.05) is 112 Å². The van der Waals surface area contributed by atoms with E-state index in [-0.39, 0.29) is 232 Å². The van der Waals surface area contributed by atoms with E-state index in [4.69, 9.17) is 37.0 Å². The molecule has 1 fully saturated rings. The number of hydrogen-bond acceptors (Lipinski definition) is 32. The van der Waals surface area contributed by atoms with Crippen LogP contribution >= 0.6 is 0 Å². The van der Waals surface area contributed by atoms with Crippen LogP contribution in [0.4, 0.5) is 26.3 Å². The summed E-state index contributed by atoms with van der Waals surface area (Å²) < 4.78 is 71.9. The summed E-state index contributed by atoms with van der Waals surface area (Å²) in [6.45, 7) is 6.17. The Morgan fingerprint density at radius 1 is 0.366 bits per heavy atom. The molecular formula is C94H144F6N13NaO31. The number of nitrogens with two attached hydrogens (primary N) is 2. The Kier molecular flexibility index (Phi) is 77.5. The molecule has 0 radical (unpaired) electrons. The van der Waals surface area contributed by atoms with Gasteiger partial charge in [-0.1, -0.05) is 32.1 Å². The van der Waals surface area contributed by atoms with Crippen molar-refractivity contribution in [3.05, 3.63) is 60.8 Å². The van der Waals surface area contributed by atoms with Crippen LogP contribution < -0.4 is 57.6 Å². The molecule has 0 aromatic rings. The third-order valence-electron chi connectivity index (χ3n) is 21.8. The predicted octanol–water partition coefficient (Wildman–Crippen LogP) is -1.27. The summed E-state index contributed by atoms with van der Waals surface area (Å²) in [7, 11) is 1.00. The van der Waals surface area contributed by atoms with Crippen molar-refractivity contribution in [3.63, 3.8) is 0 Å². The van der Waals surface area contributed by atoms with E-state index in [0.717, 1.165) is 142 Å². The number of nitrogens with one attached hydrogen (secondary N) is 1. The average Bonchev–Trinajstić information content (AvgIpc) is 1.69. The zero-order valence-corrected chi connectivity index (χ0v) is 85.1. The van der Waals surface area contributed by atoms with Gasteiger partial charge in [0.05, 0.1) is 31.2 Å². The molecule has 0 aliphatic carbocycles. The summed E-state index contributed by atoms with van der Waals surface area (Å²) in [4.78, 5) is 280. The van der Waals surface area contributed by atoms with E-state index < -0.39 is 144 Å². The quantitative estimate of drug-likeness (QED) is 0.0147. The molecule has 6 aliphatic heterocycles. The third kappa shape index (κ3) is 60.6. The van der Waals surface area contributed by atoms with Crippen molar-refractivity contribution in [1.29, 1.82) is 0 Å². The number of unbranched alkanes of at least 4 members (excludes halogenated alkanes) is 9. The minimum atomic E-state index is -4.80. The van der Waals surface area contributed by atoms with Gasteiger partial charge in [-0.15, -0.1) is 0 Å². The van der Waals surface area contributed by atoms with Crippen molar-refractivity contribution in [2.24, 2.45) is 11.5 Å². The second-order valence-electron chi connectivity index (χ2n) is 33.2.